The maximum Gasteiger partial charge on any atom is 0.241 e. The molecule has 2 aliphatic rings. The first-order valence-corrected chi connectivity index (χ1v) is 11.4. The van der Waals surface area contributed by atoms with Crippen LogP contribution < -0.4 is 4.72 Å². The van der Waals surface area contributed by atoms with Gasteiger partial charge in [0.05, 0.1) is 30.3 Å². The third-order valence-electron chi connectivity index (χ3n) is 5.33. The number of hydrogen-bond donors (Lipinski definition) is 1. The van der Waals surface area contributed by atoms with Crippen LogP contribution >= 0.6 is 0 Å². The molecule has 2 aliphatic heterocycles. The van der Waals surface area contributed by atoms with Gasteiger partial charge in [-0.15, -0.1) is 0 Å². The predicted molar refractivity (Wildman–Crippen MR) is 108 cm³/mol. The Balaban J connectivity index is 1.55. The molecule has 2 aromatic rings. The lowest BCUT2D eigenvalue weighted by atomic mass is 9.97. The number of aromatic nitrogens is 1. The second-order valence-corrected chi connectivity index (χ2v) is 9.40. The van der Waals surface area contributed by atoms with Gasteiger partial charge < -0.3 is 9.74 Å². The number of nitrogens with zero attached hydrogens (tertiary/aromatic N) is 3. The molecule has 12 heteroatoms. The van der Waals surface area contributed by atoms with Gasteiger partial charge in [0.25, 0.3) is 0 Å². The number of oxime groups is 1. The number of likely N-dealkylation sites (tertiary alicyclic amines) is 1. The molecular formula is C20H20F4N4O3S. The first-order valence-electron chi connectivity index (χ1n) is 9.77. The summed E-state index contributed by atoms with van der Waals surface area (Å²) in [6.07, 6.45) is -0.680. The van der Waals surface area contributed by atoms with Gasteiger partial charge in [-0.1, -0.05) is 11.2 Å². The van der Waals surface area contributed by atoms with Crippen LogP contribution in [0.5, 0.6) is 0 Å². The highest BCUT2D eigenvalue weighted by atomic mass is 32.2. The highest BCUT2D eigenvalue weighted by molar-refractivity contribution is 7.89. The summed E-state index contributed by atoms with van der Waals surface area (Å²) in [5.41, 5.74) is 0.944. The van der Waals surface area contributed by atoms with E-state index >= 15 is 0 Å². The molecular weight excluding hydrogens is 452 g/mol. The Bertz CT molecular complexity index is 1140. The second kappa shape index (κ2) is 8.66. The molecule has 1 N–H and O–H groups in total. The third kappa shape index (κ3) is 4.42. The van der Waals surface area contributed by atoms with E-state index in [1.165, 1.54) is 17.2 Å². The summed E-state index contributed by atoms with van der Waals surface area (Å²) in [7, 11) is -4.22. The number of rotatable bonds is 5. The zero-order valence-electron chi connectivity index (χ0n) is 16.9. The molecule has 0 radical (unpaired) electrons. The van der Waals surface area contributed by atoms with Crippen LogP contribution in [0.25, 0.3) is 11.1 Å². The first kappa shape index (κ1) is 22.5. The quantitative estimate of drug-likeness (QED) is 0.677. The van der Waals surface area contributed by atoms with Crippen LogP contribution in [0.4, 0.5) is 17.6 Å². The topological polar surface area (TPSA) is 83.9 Å². The molecule has 0 unspecified atom stereocenters. The molecule has 1 fully saturated rings. The molecule has 7 nitrogen and oxygen atoms in total. The number of benzene rings is 1. The van der Waals surface area contributed by atoms with Crippen molar-refractivity contribution in [1.82, 2.24) is 14.6 Å². The van der Waals surface area contributed by atoms with Crippen molar-refractivity contribution in [2.24, 2.45) is 5.16 Å². The number of halogens is 4. The van der Waals surface area contributed by atoms with Crippen molar-refractivity contribution in [3.05, 3.63) is 53.4 Å². The van der Waals surface area contributed by atoms with Gasteiger partial charge in [-0.2, -0.15) is 0 Å². The van der Waals surface area contributed by atoms with Gasteiger partial charge in [-0.25, -0.2) is 30.7 Å². The van der Waals surface area contributed by atoms with Gasteiger partial charge in [0.1, 0.15) is 23.6 Å². The van der Waals surface area contributed by atoms with Crippen molar-refractivity contribution in [2.45, 2.75) is 31.7 Å². The van der Waals surface area contributed by atoms with Crippen molar-refractivity contribution in [1.29, 1.82) is 0 Å². The van der Waals surface area contributed by atoms with E-state index in [1.54, 1.807) is 13.0 Å². The molecule has 3 atom stereocenters. The van der Waals surface area contributed by atoms with Gasteiger partial charge in [0.15, 0.2) is 6.10 Å². The molecule has 4 rings (SSSR count). The van der Waals surface area contributed by atoms with Crippen LogP contribution in [-0.2, 0) is 14.9 Å². The Labute approximate surface area is 182 Å². The Kier molecular flexibility index (Phi) is 6.08. The fourth-order valence-corrected chi connectivity index (χ4v) is 4.58. The van der Waals surface area contributed by atoms with E-state index < -0.39 is 46.0 Å². The molecule has 32 heavy (non-hydrogen) atoms. The average molecular weight is 472 g/mol. The van der Waals surface area contributed by atoms with Crippen LogP contribution in [0.15, 0.2) is 35.6 Å². The van der Waals surface area contributed by atoms with Gasteiger partial charge in [0, 0.05) is 18.3 Å². The van der Waals surface area contributed by atoms with Crippen molar-refractivity contribution in [3.8, 4) is 11.1 Å². The maximum atomic E-state index is 14.4. The smallest absolute Gasteiger partial charge is 0.241 e. The van der Waals surface area contributed by atoms with Crippen molar-refractivity contribution in [2.75, 3.05) is 19.1 Å². The van der Waals surface area contributed by atoms with Crippen LogP contribution in [0.2, 0.25) is 0 Å². The predicted octanol–water partition coefficient (Wildman–Crippen LogP) is 2.98. The van der Waals surface area contributed by atoms with Crippen LogP contribution in [0.1, 0.15) is 23.8 Å². The largest absolute Gasteiger partial charge is 0.384 e. The zero-order chi connectivity index (χ0) is 23.0. The van der Waals surface area contributed by atoms with Crippen molar-refractivity contribution >= 4 is 15.9 Å². The number of sulfonamides is 1. The lowest BCUT2D eigenvalue weighted by Crippen LogP contribution is -2.42. The summed E-state index contributed by atoms with van der Waals surface area (Å²) in [4.78, 5) is 11.3. The summed E-state index contributed by atoms with van der Waals surface area (Å²) in [5, 5.41) is 3.96. The molecule has 0 amide bonds. The SMILES string of the molecule is Cc1cnc([C@@H]2CC(N3C[C@H](F)[C@H](NS(=O)(=O)CF)C3)=NO2)c(-c2c(F)cccc2F)c1. The summed E-state index contributed by atoms with van der Waals surface area (Å²) in [6.45, 7) is 1.51. The minimum absolute atomic E-state index is 0.0641. The van der Waals surface area contributed by atoms with Crippen LogP contribution in [0, 0.1) is 18.6 Å². The number of amidine groups is 1. The van der Waals surface area contributed by atoms with Gasteiger partial charge >= 0.3 is 0 Å². The lowest BCUT2D eigenvalue weighted by Gasteiger charge is -2.18. The Morgan fingerprint density at radius 1 is 1.25 bits per heavy atom. The number of alkyl halides is 2. The molecule has 0 aliphatic carbocycles. The van der Waals surface area contributed by atoms with E-state index in [4.69, 9.17) is 4.84 Å². The standard InChI is InChI=1S/C20H20F4N4O3S/c1-11-5-12(19-13(22)3-2-4-14(19)23)20(25-7-11)17-6-18(26-31-17)28-8-15(24)16(9-28)27-32(29,30)10-21/h2-5,7,15-17,27H,6,8-10H2,1H3/t15-,16+,17-/m0/s1. The van der Waals surface area contributed by atoms with Gasteiger partial charge in [-0.3, -0.25) is 4.98 Å². The molecule has 172 valence electrons. The molecule has 0 bridgehead atoms. The number of nitrogens with one attached hydrogen (secondary N) is 1. The second-order valence-electron chi connectivity index (χ2n) is 7.72. The number of aryl methyl sites for hydroxylation is 1. The number of pyridine rings is 1. The van der Waals surface area contributed by atoms with Gasteiger partial charge in [0.2, 0.25) is 16.0 Å². The van der Waals surface area contributed by atoms with Crippen LogP contribution in [-0.4, -0.2) is 55.4 Å². The fourth-order valence-electron chi connectivity index (χ4n) is 3.84. The molecule has 0 spiro atoms. The average Bonchev–Trinajstić information content (AvgIpc) is 3.35. The highest BCUT2D eigenvalue weighted by Gasteiger charge is 2.40. The van der Waals surface area contributed by atoms with Crippen molar-refractivity contribution < 1.29 is 30.8 Å². The third-order valence-corrected chi connectivity index (χ3v) is 6.28. The molecule has 0 saturated carbocycles. The summed E-state index contributed by atoms with van der Waals surface area (Å²) >= 11 is 0. The molecule has 1 aromatic heterocycles. The lowest BCUT2D eigenvalue weighted by molar-refractivity contribution is 0.0828. The van der Waals surface area contributed by atoms with E-state index in [0.717, 1.165) is 12.1 Å². The number of hydrogen-bond acceptors (Lipinski definition) is 6. The van der Waals surface area contributed by atoms with E-state index in [1.807, 2.05) is 4.72 Å². The van der Waals surface area contributed by atoms with E-state index in [9.17, 15) is 26.0 Å². The Morgan fingerprint density at radius 3 is 2.66 bits per heavy atom. The van der Waals surface area contributed by atoms with Crippen molar-refractivity contribution in [3.63, 3.8) is 0 Å². The van der Waals surface area contributed by atoms with Gasteiger partial charge in [-0.05, 0) is 30.7 Å². The fraction of sp³-hybridized carbons (Fsp3) is 0.400. The van der Waals surface area contributed by atoms with E-state index in [0.29, 0.717) is 11.4 Å². The zero-order valence-corrected chi connectivity index (χ0v) is 17.8. The highest BCUT2D eigenvalue weighted by Crippen LogP contribution is 2.37. The first-order chi connectivity index (χ1) is 15.2. The molecule has 1 saturated heterocycles. The monoisotopic (exact) mass is 472 g/mol. The van der Waals surface area contributed by atoms with E-state index in [-0.39, 0.29) is 36.3 Å². The minimum Gasteiger partial charge on any atom is -0.384 e. The van der Waals surface area contributed by atoms with E-state index in [2.05, 4.69) is 10.1 Å². The maximum absolute atomic E-state index is 14.4. The summed E-state index contributed by atoms with van der Waals surface area (Å²) in [5.74, 6) is -1.16. The molecule has 1 aromatic carbocycles. The minimum atomic E-state index is -4.22. The molecule has 3 heterocycles. The summed E-state index contributed by atoms with van der Waals surface area (Å²) in [6, 6.07) is 2.38. The summed E-state index contributed by atoms with van der Waals surface area (Å²) < 4.78 is 80.6. The van der Waals surface area contributed by atoms with Crippen LogP contribution in [0.3, 0.4) is 0 Å². The Morgan fingerprint density at radius 2 is 1.97 bits per heavy atom. The normalized spacial score (nSPS) is 23.3. The Hall–Kier alpha value is -2.73.